The van der Waals surface area contributed by atoms with Gasteiger partial charge in [0, 0.05) is 31.6 Å². The number of hydrogen-bond acceptors (Lipinski definition) is 9. The Labute approximate surface area is 195 Å². The van der Waals surface area contributed by atoms with E-state index in [2.05, 4.69) is 41.4 Å². The first-order valence-electron chi connectivity index (χ1n) is 10.4. The van der Waals surface area contributed by atoms with Crippen LogP contribution in [0.5, 0.6) is 5.88 Å². The highest BCUT2D eigenvalue weighted by Crippen LogP contribution is 2.74. The van der Waals surface area contributed by atoms with Gasteiger partial charge in [0.2, 0.25) is 11.8 Å². The van der Waals surface area contributed by atoms with E-state index in [0.717, 1.165) is 17.9 Å². The number of rotatable bonds is 9. The monoisotopic (exact) mass is 473 g/mol. The number of anilines is 1. The molecule has 3 unspecified atom stereocenters. The molecule has 0 aromatic carbocycles. The molecule has 0 saturated heterocycles. The third-order valence-electron chi connectivity index (χ3n) is 6.12. The molecule has 2 saturated carbocycles. The molecule has 2 aliphatic carbocycles. The molecular weight excluding hydrogens is 450 g/mol. The number of ether oxygens (including phenoxy) is 2. The van der Waals surface area contributed by atoms with Crippen LogP contribution in [0.25, 0.3) is 11.5 Å². The zero-order valence-corrected chi connectivity index (χ0v) is 19.6. The number of pyridine rings is 1. The summed E-state index contributed by atoms with van der Waals surface area (Å²) in [4.78, 5) is 13.2. The van der Waals surface area contributed by atoms with E-state index in [1.54, 1.807) is 26.6 Å². The van der Waals surface area contributed by atoms with Crippen LogP contribution in [0.4, 0.5) is 5.95 Å². The summed E-state index contributed by atoms with van der Waals surface area (Å²) in [5.41, 5.74) is 1.16. The van der Waals surface area contributed by atoms with Gasteiger partial charge < -0.3 is 9.47 Å². The van der Waals surface area contributed by atoms with Gasteiger partial charge in [-0.1, -0.05) is 17.7 Å². The van der Waals surface area contributed by atoms with Gasteiger partial charge in [0.1, 0.15) is 11.8 Å². The highest BCUT2D eigenvalue weighted by atomic mass is 35.5. The second-order valence-corrected chi connectivity index (χ2v) is 9.83. The average Bonchev–Trinajstić information content (AvgIpc) is 3.71. The molecule has 1 N–H and O–H groups in total. The minimum absolute atomic E-state index is 0.00110. The normalized spacial score (nSPS) is 20.1. The van der Waals surface area contributed by atoms with Crippen molar-refractivity contribution >= 4 is 29.5 Å². The zero-order chi connectivity index (χ0) is 22.3. The lowest BCUT2D eigenvalue weighted by molar-refractivity contribution is 0.0972. The molecule has 3 atom stereocenters. The third kappa shape index (κ3) is 4.02. The molecule has 0 radical (unpaired) electrons. The van der Waals surface area contributed by atoms with Gasteiger partial charge in [-0.05, 0) is 49.6 Å². The number of aromatic nitrogens is 6. The van der Waals surface area contributed by atoms with Crippen molar-refractivity contribution in [1.29, 1.82) is 0 Å². The summed E-state index contributed by atoms with van der Waals surface area (Å²) in [6.07, 6.45) is 6.50. The molecule has 2 fully saturated rings. The summed E-state index contributed by atoms with van der Waals surface area (Å²) >= 11 is 7.42. The molecule has 32 heavy (non-hydrogen) atoms. The first kappa shape index (κ1) is 21.4. The maximum atomic E-state index is 5.92. The minimum Gasteiger partial charge on any atom is -0.481 e. The van der Waals surface area contributed by atoms with Crippen LogP contribution in [0.3, 0.4) is 0 Å². The van der Waals surface area contributed by atoms with E-state index in [1.807, 2.05) is 18.2 Å². The predicted octanol–water partition coefficient (Wildman–Crippen LogP) is 4.35. The van der Waals surface area contributed by atoms with E-state index < -0.39 is 0 Å². The number of halogens is 1. The Bertz CT molecular complexity index is 1110. The lowest BCUT2D eigenvalue weighted by atomic mass is 10.2. The van der Waals surface area contributed by atoms with Crippen molar-refractivity contribution in [1.82, 2.24) is 29.7 Å². The summed E-state index contributed by atoms with van der Waals surface area (Å²) in [5.74, 6) is 2.60. The smallest absolute Gasteiger partial charge is 0.235 e. The van der Waals surface area contributed by atoms with Crippen molar-refractivity contribution < 1.29 is 9.47 Å². The second-order valence-electron chi connectivity index (χ2n) is 8.21. The van der Waals surface area contributed by atoms with Gasteiger partial charge in [-0.15, -0.1) is 10.2 Å². The maximum absolute atomic E-state index is 5.92. The third-order valence-corrected chi connectivity index (χ3v) is 7.23. The lowest BCUT2D eigenvalue weighted by Gasteiger charge is -2.21. The SMILES string of the molecule is COc1cccc(-c2nnc(NSC(C)C(OC)c3ncc(Cl)cn3)n2C2CC23CC3)n1. The number of hydrogen-bond donors (Lipinski definition) is 1. The van der Waals surface area contributed by atoms with E-state index in [4.69, 9.17) is 21.1 Å². The maximum Gasteiger partial charge on any atom is 0.235 e. The Morgan fingerprint density at radius 3 is 2.66 bits per heavy atom. The molecule has 11 heteroatoms. The van der Waals surface area contributed by atoms with Gasteiger partial charge in [0.15, 0.2) is 11.6 Å². The van der Waals surface area contributed by atoms with Gasteiger partial charge in [-0.2, -0.15) is 0 Å². The van der Waals surface area contributed by atoms with Crippen LogP contribution in [-0.2, 0) is 4.74 Å². The summed E-state index contributed by atoms with van der Waals surface area (Å²) in [5, 5.41) is 9.42. The molecule has 1 spiro atoms. The van der Waals surface area contributed by atoms with Crippen molar-refractivity contribution in [2.45, 2.75) is 43.6 Å². The van der Waals surface area contributed by atoms with Crippen LogP contribution in [0.1, 0.15) is 44.2 Å². The zero-order valence-electron chi connectivity index (χ0n) is 18.0. The fourth-order valence-corrected chi connectivity index (χ4v) is 4.94. The van der Waals surface area contributed by atoms with Crippen molar-refractivity contribution in [3.8, 4) is 17.4 Å². The van der Waals surface area contributed by atoms with E-state index in [-0.39, 0.29) is 11.4 Å². The van der Waals surface area contributed by atoms with Gasteiger partial charge in [0.25, 0.3) is 0 Å². The van der Waals surface area contributed by atoms with Crippen LogP contribution in [-0.4, -0.2) is 49.2 Å². The Morgan fingerprint density at radius 1 is 1.22 bits per heavy atom. The first-order valence-corrected chi connectivity index (χ1v) is 11.7. The minimum atomic E-state index is -0.309. The van der Waals surface area contributed by atoms with E-state index in [9.17, 15) is 0 Å². The Balaban J connectivity index is 1.37. The van der Waals surface area contributed by atoms with Crippen LogP contribution in [0.15, 0.2) is 30.6 Å². The van der Waals surface area contributed by atoms with Crippen molar-refractivity contribution in [3.05, 3.63) is 41.4 Å². The average molecular weight is 474 g/mol. The molecule has 3 aromatic heterocycles. The van der Waals surface area contributed by atoms with E-state index in [1.165, 1.54) is 24.8 Å². The van der Waals surface area contributed by atoms with E-state index >= 15 is 0 Å². The Kier molecular flexibility index (Phi) is 5.68. The molecule has 3 aromatic rings. The highest BCUT2D eigenvalue weighted by molar-refractivity contribution is 8.01. The predicted molar refractivity (Wildman–Crippen MR) is 123 cm³/mol. The standard InChI is InChI=1S/C21H24ClN7O2S/c1-12(17(31-3)18-23-10-13(22)11-24-18)32-28-20-27-26-19(14-5-4-6-16(25-14)30-2)29(20)15-9-21(15)7-8-21/h4-6,10-12,15,17H,7-9H2,1-3H3,(H,27,28). The summed E-state index contributed by atoms with van der Waals surface area (Å²) in [7, 11) is 3.26. The van der Waals surface area contributed by atoms with Crippen molar-refractivity contribution in [2.75, 3.05) is 18.9 Å². The van der Waals surface area contributed by atoms with Crippen LogP contribution in [0, 0.1) is 5.41 Å². The van der Waals surface area contributed by atoms with Crippen LogP contribution in [0.2, 0.25) is 5.02 Å². The largest absolute Gasteiger partial charge is 0.481 e. The number of methoxy groups -OCH3 is 2. The van der Waals surface area contributed by atoms with Gasteiger partial charge in [0.05, 0.1) is 17.4 Å². The molecular formula is C21H24ClN7O2S. The topological polar surface area (TPSA) is 99.9 Å². The molecule has 5 rings (SSSR count). The molecule has 0 aliphatic heterocycles. The number of nitrogens with one attached hydrogen (secondary N) is 1. The quantitative estimate of drug-likeness (QED) is 0.454. The van der Waals surface area contributed by atoms with Crippen LogP contribution >= 0.6 is 23.5 Å². The highest BCUT2D eigenvalue weighted by Gasteiger charge is 2.64. The number of nitrogens with zero attached hydrogens (tertiary/aromatic N) is 6. The van der Waals surface area contributed by atoms with Gasteiger partial charge in [-0.25, -0.2) is 15.0 Å². The molecule has 0 amide bonds. The molecule has 9 nitrogen and oxygen atoms in total. The van der Waals surface area contributed by atoms with E-state index in [0.29, 0.717) is 34.1 Å². The Morgan fingerprint density at radius 2 is 2.00 bits per heavy atom. The lowest BCUT2D eigenvalue weighted by Crippen LogP contribution is -2.19. The fourth-order valence-electron chi connectivity index (χ4n) is 4.06. The van der Waals surface area contributed by atoms with Crippen molar-refractivity contribution in [3.63, 3.8) is 0 Å². The summed E-state index contributed by atoms with van der Waals surface area (Å²) in [6.45, 7) is 2.05. The molecule has 3 heterocycles. The van der Waals surface area contributed by atoms with Crippen LogP contribution < -0.4 is 9.46 Å². The summed E-state index contributed by atoms with van der Waals surface area (Å²) < 4.78 is 16.6. The molecule has 2 aliphatic rings. The second kappa shape index (κ2) is 8.49. The fraction of sp³-hybridized carbons (Fsp3) is 0.476. The van der Waals surface area contributed by atoms with Gasteiger partial charge in [-0.3, -0.25) is 9.29 Å². The molecule has 0 bridgehead atoms. The Hall–Kier alpha value is -2.43. The summed E-state index contributed by atoms with van der Waals surface area (Å²) in [6, 6.07) is 6.06. The first-order chi connectivity index (χ1) is 15.5. The van der Waals surface area contributed by atoms with Crippen molar-refractivity contribution in [2.24, 2.45) is 5.41 Å². The van der Waals surface area contributed by atoms with Gasteiger partial charge >= 0.3 is 0 Å². The molecule has 168 valence electrons.